The Morgan fingerprint density at radius 2 is 2.06 bits per heavy atom. The first-order valence-electron chi connectivity index (χ1n) is 4.47. The SMILES string of the molecule is O=C(Nc1ccc(F)cc1F)c1cccs1. The molecule has 1 aromatic carbocycles. The van der Waals surface area contributed by atoms with Crippen LogP contribution in [0.3, 0.4) is 0 Å². The Balaban J connectivity index is 2.18. The van der Waals surface area contributed by atoms with Gasteiger partial charge in [0.15, 0.2) is 0 Å². The number of amides is 1. The molecule has 0 atom stereocenters. The summed E-state index contributed by atoms with van der Waals surface area (Å²) in [6.45, 7) is 0. The highest BCUT2D eigenvalue weighted by Gasteiger charge is 2.10. The van der Waals surface area contributed by atoms with Gasteiger partial charge in [-0.25, -0.2) is 8.78 Å². The van der Waals surface area contributed by atoms with Gasteiger partial charge in [0.1, 0.15) is 11.6 Å². The summed E-state index contributed by atoms with van der Waals surface area (Å²) < 4.78 is 25.8. The van der Waals surface area contributed by atoms with Crippen molar-refractivity contribution >= 4 is 22.9 Å². The summed E-state index contributed by atoms with van der Waals surface area (Å²) in [5.41, 5.74) is -0.0280. The Bertz CT molecular complexity index is 511. The number of hydrogen-bond donors (Lipinski definition) is 1. The van der Waals surface area contributed by atoms with E-state index in [1.54, 1.807) is 17.5 Å². The van der Waals surface area contributed by atoms with Crippen molar-refractivity contribution < 1.29 is 13.6 Å². The average Bonchev–Trinajstić information content (AvgIpc) is 2.75. The zero-order valence-corrected chi connectivity index (χ0v) is 8.85. The van der Waals surface area contributed by atoms with Gasteiger partial charge >= 0.3 is 0 Å². The normalized spacial score (nSPS) is 10.1. The molecule has 82 valence electrons. The number of thiophene rings is 1. The van der Waals surface area contributed by atoms with Crippen LogP contribution in [-0.2, 0) is 0 Å². The summed E-state index contributed by atoms with van der Waals surface area (Å²) in [5.74, 6) is -1.86. The fourth-order valence-electron chi connectivity index (χ4n) is 1.18. The van der Waals surface area contributed by atoms with Crippen LogP contribution in [0.4, 0.5) is 14.5 Å². The van der Waals surface area contributed by atoms with Gasteiger partial charge in [0.25, 0.3) is 5.91 Å². The molecule has 0 fully saturated rings. The molecule has 0 spiro atoms. The Morgan fingerprint density at radius 1 is 1.25 bits per heavy atom. The van der Waals surface area contributed by atoms with E-state index >= 15 is 0 Å². The average molecular weight is 239 g/mol. The van der Waals surface area contributed by atoms with Gasteiger partial charge in [-0.05, 0) is 23.6 Å². The maximum atomic E-state index is 13.2. The molecule has 0 unspecified atom stereocenters. The van der Waals surface area contributed by atoms with Gasteiger partial charge in [-0.2, -0.15) is 0 Å². The van der Waals surface area contributed by atoms with Crippen LogP contribution in [0.15, 0.2) is 35.7 Å². The van der Waals surface area contributed by atoms with Crippen molar-refractivity contribution in [1.29, 1.82) is 0 Å². The van der Waals surface area contributed by atoms with E-state index in [-0.39, 0.29) is 5.69 Å². The molecule has 0 radical (unpaired) electrons. The predicted molar refractivity (Wildman–Crippen MR) is 58.6 cm³/mol. The van der Waals surface area contributed by atoms with Gasteiger partial charge in [-0.15, -0.1) is 11.3 Å². The third kappa shape index (κ3) is 2.25. The van der Waals surface area contributed by atoms with Crippen LogP contribution >= 0.6 is 11.3 Å². The first-order chi connectivity index (χ1) is 7.66. The number of nitrogens with one attached hydrogen (secondary N) is 1. The van der Waals surface area contributed by atoms with Gasteiger partial charge in [-0.1, -0.05) is 6.07 Å². The number of halogens is 2. The Hall–Kier alpha value is -1.75. The number of hydrogen-bond acceptors (Lipinski definition) is 2. The van der Waals surface area contributed by atoms with E-state index in [4.69, 9.17) is 0 Å². The van der Waals surface area contributed by atoms with Crippen LogP contribution in [-0.4, -0.2) is 5.91 Å². The third-order valence-corrected chi connectivity index (χ3v) is 2.79. The number of carbonyl (C=O) groups excluding carboxylic acids is 1. The van der Waals surface area contributed by atoms with Gasteiger partial charge in [0.05, 0.1) is 10.6 Å². The summed E-state index contributed by atoms with van der Waals surface area (Å²) in [7, 11) is 0. The quantitative estimate of drug-likeness (QED) is 0.856. The summed E-state index contributed by atoms with van der Waals surface area (Å²) in [6, 6.07) is 6.36. The first-order valence-corrected chi connectivity index (χ1v) is 5.34. The molecule has 0 aliphatic carbocycles. The molecule has 1 heterocycles. The molecule has 0 saturated heterocycles. The van der Waals surface area contributed by atoms with Crippen molar-refractivity contribution in [2.24, 2.45) is 0 Å². The highest BCUT2D eigenvalue weighted by atomic mass is 32.1. The molecule has 2 aromatic rings. The molecule has 0 aliphatic heterocycles. The highest BCUT2D eigenvalue weighted by molar-refractivity contribution is 7.12. The second-order valence-corrected chi connectivity index (χ2v) is 4.00. The van der Waals surface area contributed by atoms with Crippen molar-refractivity contribution in [3.8, 4) is 0 Å². The van der Waals surface area contributed by atoms with E-state index in [0.717, 1.165) is 12.1 Å². The lowest BCUT2D eigenvalue weighted by atomic mass is 10.3. The molecule has 5 heteroatoms. The summed E-state index contributed by atoms with van der Waals surface area (Å²) in [6.07, 6.45) is 0. The number of carbonyl (C=O) groups is 1. The van der Waals surface area contributed by atoms with Crippen LogP contribution < -0.4 is 5.32 Å². The molecule has 1 N–H and O–H groups in total. The van der Waals surface area contributed by atoms with Gasteiger partial charge in [-0.3, -0.25) is 4.79 Å². The molecule has 2 rings (SSSR count). The predicted octanol–water partition coefficient (Wildman–Crippen LogP) is 3.28. The Labute approximate surface area is 94.5 Å². The fraction of sp³-hybridized carbons (Fsp3) is 0. The minimum Gasteiger partial charge on any atom is -0.319 e. The Morgan fingerprint density at radius 3 is 2.69 bits per heavy atom. The standard InChI is InChI=1S/C11H7F2NOS/c12-7-3-4-9(8(13)6-7)14-11(15)10-2-1-5-16-10/h1-6H,(H,14,15). The summed E-state index contributed by atoms with van der Waals surface area (Å²) in [5, 5.41) is 4.12. The smallest absolute Gasteiger partial charge is 0.265 e. The van der Waals surface area contributed by atoms with Gasteiger partial charge < -0.3 is 5.32 Å². The first kappa shape index (κ1) is 10.8. The van der Waals surface area contributed by atoms with Crippen molar-refractivity contribution in [3.05, 3.63) is 52.2 Å². The van der Waals surface area contributed by atoms with E-state index in [1.165, 1.54) is 17.4 Å². The molecular weight excluding hydrogens is 232 g/mol. The lowest BCUT2D eigenvalue weighted by Gasteiger charge is -2.04. The third-order valence-electron chi connectivity index (χ3n) is 1.92. The van der Waals surface area contributed by atoms with Gasteiger partial charge in [0.2, 0.25) is 0 Å². The molecule has 0 aliphatic rings. The molecule has 16 heavy (non-hydrogen) atoms. The lowest BCUT2D eigenvalue weighted by Crippen LogP contribution is -2.11. The Kier molecular flexibility index (Phi) is 2.96. The van der Waals surface area contributed by atoms with Crippen LogP contribution in [0.2, 0.25) is 0 Å². The van der Waals surface area contributed by atoms with E-state index in [1.807, 2.05) is 0 Å². The summed E-state index contributed by atoms with van der Waals surface area (Å²) >= 11 is 1.25. The van der Waals surface area contributed by atoms with Crippen LogP contribution in [0.25, 0.3) is 0 Å². The van der Waals surface area contributed by atoms with Crippen LogP contribution in [0.5, 0.6) is 0 Å². The minimum atomic E-state index is -0.787. The van der Waals surface area contributed by atoms with E-state index < -0.39 is 17.5 Å². The number of benzene rings is 1. The number of anilines is 1. The van der Waals surface area contributed by atoms with E-state index in [0.29, 0.717) is 4.88 Å². The topological polar surface area (TPSA) is 29.1 Å². The zero-order valence-electron chi connectivity index (χ0n) is 8.04. The van der Waals surface area contributed by atoms with Crippen LogP contribution in [0, 0.1) is 11.6 Å². The van der Waals surface area contributed by atoms with Crippen molar-refractivity contribution in [2.75, 3.05) is 5.32 Å². The molecule has 1 amide bonds. The molecule has 0 saturated carbocycles. The molecule has 1 aromatic heterocycles. The highest BCUT2D eigenvalue weighted by Crippen LogP contribution is 2.17. The molecular formula is C11H7F2NOS. The maximum Gasteiger partial charge on any atom is 0.265 e. The zero-order chi connectivity index (χ0) is 11.5. The second kappa shape index (κ2) is 4.40. The largest absolute Gasteiger partial charge is 0.319 e. The number of rotatable bonds is 2. The maximum absolute atomic E-state index is 13.2. The van der Waals surface area contributed by atoms with Crippen molar-refractivity contribution in [2.45, 2.75) is 0 Å². The summed E-state index contributed by atoms with van der Waals surface area (Å²) in [4.78, 5) is 12.0. The van der Waals surface area contributed by atoms with Crippen molar-refractivity contribution in [3.63, 3.8) is 0 Å². The molecule has 0 bridgehead atoms. The lowest BCUT2D eigenvalue weighted by molar-refractivity contribution is 0.103. The molecule has 2 nitrogen and oxygen atoms in total. The van der Waals surface area contributed by atoms with Crippen LogP contribution in [0.1, 0.15) is 9.67 Å². The van der Waals surface area contributed by atoms with E-state index in [9.17, 15) is 13.6 Å². The monoisotopic (exact) mass is 239 g/mol. The van der Waals surface area contributed by atoms with Gasteiger partial charge in [0, 0.05) is 6.07 Å². The van der Waals surface area contributed by atoms with E-state index in [2.05, 4.69) is 5.32 Å². The second-order valence-electron chi connectivity index (χ2n) is 3.06. The fourth-order valence-corrected chi connectivity index (χ4v) is 1.80. The van der Waals surface area contributed by atoms with Crippen molar-refractivity contribution in [1.82, 2.24) is 0 Å². The minimum absolute atomic E-state index is 0.0280.